The zero-order valence-corrected chi connectivity index (χ0v) is 13.7. The Balaban J connectivity index is 1.48. The Morgan fingerprint density at radius 2 is 2.21 bits per heavy atom. The fraction of sp³-hybridized carbons (Fsp3) is 0.389. The number of rotatable bonds is 4. The minimum Gasteiger partial charge on any atom is -0.356 e. The van der Waals surface area contributed by atoms with Gasteiger partial charge in [-0.3, -0.25) is 4.79 Å². The molecule has 1 amide bonds. The van der Waals surface area contributed by atoms with E-state index in [9.17, 15) is 4.79 Å². The van der Waals surface area contributed by atoms with Crippen LogP contribution in [0.5, 0.6) is 0 Å². The average molecular weight is 324 g/mol. The van der Waals surface area contributed by atoms with Gasteiger partial charge in [0.1, 0.15) is 0 Å². The number of piperidine rings is 1. The minimum atomic E-state index is -0.353. The number of fused-ring (bicyclic) bond motifs is 1. The maximum absolute atomic E-state index is 11.7. The number of nitrogens with one attached hydrogen (secondary N) is 1. The molecule has 1 aliphatic heterocycles. The predicted octanol–water partition coefficient (Wildman–Crippen LogP) is 2.43. The monoisotopic (exact) mass is 324 g/mol. The molecule has 6 nitrogen and oxygen atoms in total. The van der Waals surface area contributed by atoms with Crippen molar-refractivity contribution in [2.75, 3.05) is 6.54 Å². The molecule has 1 fully saturated rings. The molecule has 24 heavy (non-hydrogen) atoms. The summed E-state index contributed by atoms with van der Waals surface area (Å²) in [5.74, 6) is 1.31. The fourth-order valence-electron chi connectivity index (χ4n) is 3.32. The number of aromatic nitrogens is 3. The van der Waals surface area contributed by atoms with Gasteiger partial charge in [-0.25, -0.2) is 0 Å². The van der Waals surface area contributed by atoms with Crippen LogP contribution in [0.15, 0.2) is 41.1 Å². The highest BCUT2D eigenvalue weighted by Crippen LogP contribution is 2.32. The van der Waals surface area contributed by atoms with Gasteiger partial charge < -0.3 is 14.4 Å². The number of amides is 1. The predicted molar refractivity (Wildman–Crippen MR) is 89.5 cm³/mol. The summed E-state index contributed by atoms with van der Waals surface area (Å²) in [6.45, 7) is 3.47. The number of aryl methyl sites for hydroxylation is 2. The third-order valence-corrected chi connectivity index (χ3v) is 4.79. The lowest BCUT2D eigenvalue weighted by Crippen LogP contribution is -2.41. The van der Waals surface area contributed by atoms with Crippen molar-refractivity contribution in [2.45, 2.75) is 38.1 Å². The van der Waals surface area contributed by atoms with Crippen LogP contribution in [-0.2, 0) is 23.2 Å². The highest BCUT2D eigenvalue weighted by Gasteiger charge is 2.37. The van der Waals surface area contributed by atoms with Crippen LogP contribution in [0.1, 0.15) is 31.5 Å². The van der Waals surface area contributed by atoms with Gasteiger partial charge in [0, 0.05) is 37.6 Å². The molecule has 2 aromatic heterocycles. The van der Waals surface area contributed by atoms with E-state index in [0.29, 0.717) is 31.1 Å². The van der Waals surface area contributed by atoms with Crippen molar-refractivity contribution in [3.8, 4) is 0 Å². The Bertz CT molecular complexity index is 882. The lowest BCUT2D eigenvalue weighted by atomic mass is 9.80. The first-order valence-electron chi connectivity index (χ1n) is 8.28. The molecule has 1 aliphatic rings. The maximum Gasteiger partial charge on any atom is 0.233 e. The molecule has 1 aromatic carbocycles. The number of para-hydroxylation sites is 1. The van der Waals surface area contributed by atoms with E-state index < -0.39 is 0 Å². The lowest BCUT2D eigenvalue weighted by Gasteiger charge is -2.29. The van der Waals surface area contributed by atoms with E-state index in [4.69, 9.17) is 4.52 Å². The van der Waals surface area contributed by atoms with E-state index in [2.05, 4.69) is 44.4 Å². The highest BCUT2D eigenvalue weighted by molar-refractivity contribution is 5.80. The molecule has 1 saturated heterocycles. The third-order valence-electron chi connectivity index (χ3n) is 4.79. The fourth-order valence-corrected chi connectivity index (χ4v) is 3.32. The van der Waals surface area contributed by atoms with Gasteiger partial charge >= 0.3 is 0 Å². The van der Waals surface area contributed by atoms with E-state index >= 15 is 0 Å². The molecular weight excluding hydrogens is 304 g/mol. The van der Waals surface area contributed by atoms with Gasteiger partial charge in [-0.15, -0.1) is 0 Å². The van der Waals surface area contributed by atoms with Crippen LogP contribution < -0.4 is 5.32 Å². The Hall–Kier alpha value is -2.63. The van der Waals surface area contributed by atoms with Gasteiger partial charge in [-0.2, -0.15) is 4.98 Å². The summed E-state index contributed by atoms with van der Waals surface area (Å²) in [5.41, 5.74) is 0.852. The number of benzene rings is 1. The second-order valence-corrected chi connectivity index (χ2v) is 6.67. The highest BCUT2D eigenvalue weighted by atomic mass is 16.5. The van der Waals surface area contributed by atoms with Crippen molar-refractivity contribution in [1.29, 1.82) is 0 Å². The first kappa shape index (κ1) is 14.9. The van der Waals surface area contributed by atoms with Crippen molar-refractivity contribution < 1.29 is 9.32 Å². The van der Waals surface area contributed by atoms with Crippen molar-refractivity contribution in [3.63, 3.8) is 0 Å². The molecule has 0 aliphatic carbocycles. The smallest absolute Gasteiger partial charge is 0.233 e. The minimum absolute atomic E-state index is 0.0438. The molecule has 0 saturated carbocycles. The van der Waals surface area contributed by atoms with Crippen molar-refractivity contribution in [2.24, 2.45) is 0 Å². The first-order valence-corrected chi connectivity index (χ1v) is 8.28. The average Bonchev–Trinajstić information content (AvgIpc) is 3.20. The third kappa shape index (κ3) is 2.68. The van der Waals surface area contributed by atoms with Gasteiger partial charge in [0.05, 0.1) is 5.41 Å². The molecule has 4 rings (SSSR count). The molecule has 1 unspecified atom stereocenters. The van der Waals surface area contributed by atoms with Crippen molar-refractivity contribution in [3.05, 3.63) is 48.2 Å². The molecule has 124 valence electrons. The van der Waals surface area contributed by atoms with Crippen LogP contribution in [-0.4, -0.2) is 27.2 Å². The van der Waals surface area contributed by atoms with E-state index in [-0.39, 0.29) is 11.3 Å². The summed E-state index contributed by atoms with van der Waals surface area (Å²) < 4.78 is 7.66. The van der Waals surface area contributed by atoms with Gasteiger partial charge in [-0.05, 0) is 23.9 Å². The second-order valence-electron chi connectivity index (χ2n) is 6.67. The Morgan fingerprint density at radius 1 is 1.33 bits per heavy atom. The van der Waals surface area contributed by atoms with Crippen LogP contribution in [0.3, 0.4) is 0 Å². The lowest BCUT2D eigenvalue weighted by molar-refractivity contribution is -0.124. The van der Waals surface area contributed by atoms with Crippen LogP contribution in [0.4, 0.5) is 0 Å². The van der Waals surface area contributed by atoms with E-state index in [1.165, 1.54) is 10.9 Å². The Morgan fingerprint density at radius 3 is 3.08 bits per heavy atom. The molecule has 3 aromatic rings. The van der Waals surface area contributed by atoms with Gasteiger partial charge in [0.2, 0.25) is 11.8 Å². The number of nitrogens with zero attached hydrogens (tertiary/aromatic N) is 3. The summed E-state index contributed by atoms with van der Waals surface area (Å²) in [5, 5.41) is 8.18. The van der Waals surface area contributed by atoms with E-state index in [0.717, 1.165) is 13.0 Å². The summed E-state index contributed by atoms with van der Waals surface area (Å²) in [6.07, 6.45) is 4.00. The zero-order chi connectivity index (χ0) is 16.6. The summed E-state index contributed by atoms with van der Waals surface area (Å²) in [7, 11) is 0. The summed E-state index contributed by atoms with van der Waals surface area (Å²) in [4.78, 5) is 16.2. The van der Waals surface area contributed by atoms with E-state index in [1.54, 1.807) is 0 Å². The summed E-state index contributed by atoms with van der Waals surface area (Å²) >= 11 is 0. The summed E-state index contributed by atoms with van der Waals surface area (Å²) in [6, 6.07) is 10.4. The molecule has 0 spiro atoms. The van der Waals surface area contributed by atoms with E-state index in [1.807, 2.05) is 19.1 Å². The topological polar surface area (TPSA) is 73.0 Å². The molecular formula is C18H20N4O2. The SMILES string of the molecule is CC1(c2nc(CCn3ccc4ccccc43)no2)CCNC(=O)C1. The molecule has 1 N–H and O–H groups in total. The normalized spacial score (nSPS) is 21.1. The molecule has 3 heterocycles. The zero-order valence-electron chi connectivity index (χ0n) is 13.7. The number of carbonyl (C=O) groups excluding carboxylic acids is 1. The quantitative estimate of drug-likeness (QED) is 0.800. The van der Waals surface area contributed by atoms with Crippen LogP contribution in [0.2, 0.25) is 0 Å². The van der Waals surface area contributed by atoms with Crippen LogP contribution in [0.25, 0.3) is 10.9 Å². The van der Waals surface area contributed by atoms with Gasteiger partial charge in [0.15, 0.2) is 5.82 Å². The van der Waals surface area contributed by atoms with Gasteiger partial charge in [-0.1, -0.05) is 30.3 Å². The Labute approximate surface area is 139 Å². The maximum atomic E-state index is 11.7. The van der Waals surface area contributed by atoms with Crippen molar-refractivity contribution in [1.82, 2.24) is 20.0 Å². The number of hydrogen-bond donors (Lipinski definition) is 1. The van der Waals surface area contributed by atoms with Crippen molar-refractivity contribution >= 4 is 16.8 Å². The number of carbonyl (C=O) groups is 1. The van der Waals surface area contributed by atoms with Crippen LogP contribution >= 0.6 is 0 Å². The largest absolute Gasteiger partial charge is 0.356 e. The van der Waals surface area contributed by atoms with Gasteiger partial charge in [0.25, 0.3) is 0 Å². The molecule has 1 atom stereocenters. The molecule has 0 radical (unpaired) electrons. The Kier molecular flexibility index (Phi) is 3.59. The molecule has 0 bridgehead atoms. The first-order chi connectivity index (χ1) is 11.6. The van der Waals surface area contributed by atoms with Crippen LogP contribution in [0, 0.1) is 0 Å². The number of hydrogen-bond acceptors (Lipinski definition) is 4. The molecule has 6 heteroatoms. The standard InChI is InChI=1S/C18H20N4O2/c1-18(8-9-19-16(23)12-18)17-20-15(21-24-17)7-11-22-10-6-13-4-2-3-5-14(13)22/h2-6,10H,7-9,11-12H2,1H3,(H,19,23). The second kappa shape index (κ2) is 5.78.